The van der Waals surface area contributed by atoms with E-state index in [0.29, 0.717) is 17.3 Å². The van der Waals surface area contributed by atoms with Gasteiger partial charge in [-0.25, -0.2) is 0 Å². The molecule has 6 nitrogen and oxygen atoms in total. The smallest absolute Gasteiger partial charge is 0.213 e. The van der Waals surface area contributed by atoms with Crippen LogP contribution in [0.3, 0.4) is 0 Å². The molecule has 1 aromatic heterocycles. The Kier molecular flexibility index (Phi) is 5.57. The molecule has 21 heavy (non-hydrogen) atoms. The first kappa shape index (κ1) is 15.3. The predicted octanol–water partition coefficient (Wildman–Crippen LogP) is 2.72. The molecule has 0 saturated heterocycles. The molecule has 0 aliphatic heterocycles. The maximum atomic E-state index is 5.66. The Morgan fingerprint density at radius 2 is 2.19 bits per heavy atom. The second-order valence-electron chi connectivity index (χ2n) is 4.72. The van der Waals surface area contributed by atoms with Crippen molar-refractivity contribution >= 4 is 0 Å². The van der Waals surface area contributed by atoms with E-state index in [1.165, 1.54) is 6.39 Å². The first-order valence-corrected chi connectivity index (χ1v) is 7.04. The van der Waals surface area contributed by atoms with Gasteiger partial charge in [0.1, 0.15) is 0 Å². The summed E-state index contributed by atoms with van der Waals surface area (Å²) < 4.78 is 15.7. The zero-order valence-corrected chi connectivity index (χ0v) is 12.6. The molecule has 1 heterocycles. The molecule has 2 rings (SSSR count). The highest BCUT2D eigenvalue weighted by Gasteiger charge is 2.11. The van der Waals surface area contributed by atoms with Crippen molar-refractivity contribution in [2.75, 3.05) is 13.7 Å². The maximum Gasteiger partial charge on any atom is 0.213 e. The molecular formula is C15H21N3O3. The van der Waals surface area contributed by atoms with Crippen LogP contribution in [0.15, 0.2) is 29.1 Å². The summed E-state index contributed by atoms with van der Waals surface area (Å²) in [6, 6.07) is 6.18. The molecule has 114 valence electrons. The first-order chi connectivity index (χ1) is 10.2. The Bertz CT molecular complexity index is 543. The lowest BCUT2D eigenvalue weighted by molar-refractivity contribution is 0.269. The highest BCUT2D eigenvalue weighted by atomic mass is 16.5. The Morgan fingerprint density at radius 3 is 2.86 bits per heavy atom. The molecule has 0 saturated carbocycles. The molecule has 0 amide bonds. The van der Waals surface area contributed by atoms with Crippen LogP contribution in [0, 0.1) is 0 Å². The molecular weight excluding hydrogens is 270 g/mol. The molecule has 0 aliphatic carbocycles. The summed E-state index contributed by atoms with van der Waals surface area (Å²) in [5, 5.41) is 7.15. The number of benzene rings is 1. The van der Waals surface area contributed by atoms with Crippen LogP contribution in [0.25, 0.3) is 0 Å². The summed E-state index contributed by atoms with van der Waals surface area (Å²) in [6.07, 6.45) is 2.38. The Balaban J connectivity index is 2.05. The van der Waals surface area contributed by atoms with Gasteiger partial charge < -0.3 is 19.3 Å². The van der Waals surface area contributed by atoms with Gasteiger partial charge in [0, 0.05) is 6.04 Å². The maximum absolute atomic E-state index is 5.66. The van der Waals surface area contributed by atoms with Gasteiger partial charge >= 0.3 is 0 Å². The van der Waals surface area contributed by atoms with E-state index in [4.69, 9.17) is 9.47 Å². The standard InChI is InChI=1S/C15H21N3O3/c1-4-7-16-11(2)12-5-6-13(14(8-12)19-3)20-9-15-17-10-21-18-15/h5-6,8,10-11,16H,4,7,9H2,1-3H3. The molecule has 0 radical (unpaired) electrons. The van der Waals surface area contributed by atoms with E-state index >= 15 is 0 Å². The van der Waals surface area contributed by atoms with Gasteiger partial charge in [-0.3, -0.25) is 0 Å². The minimum atomic E-state index is 0.246. The number of nitrogens with zero attached hydrogens (tertiary/aromatic N) is 2. The number of aromatic nitrogens is 2. The van der Waals surface area contributed by atoms with Crippen LogP contribution >= 0.6 is 0 Å². The highest BCUT2D eigenvalue weighted by Crippen LogP contribution is 2.30. The van der Waals surface area contributed by atoms with Crippen LogP contribution in [0.5, 0.6) is 11.5 Å². The normalized spacial score (nSPS) is 12.1. The SMILES string of the molecule is CCCNC(C)c1ccc(OCc2ncon2)c(OC)c1. The number of ether oxygens (including phenoxy) is 2. The molecule has 1 atom stereocenters. The second-order valence-corrected chi connectivity index (χ2v) is 4.72. The summed E-state index contributed by atoms with van der Waals surface area (Å²) in [4.78, 5) is 3.91. The quantitative estimate of drug-likeness (QED) is 0.806. The Hall–Kier alpha value is -2.08. The van der Waals surface area contributed by atoms with E-state index in [1.807, 2.05) is 18.2 Å². The van der Waals surface area contributed by atoms with Crippen LogP contribution in [-0.4, -0.2) is 23.8 Å². The molecule has 2 aromatic rings. The van der Waals surface area contributed by atoms with Crippen molar-refractivity contribution < 1.29 is 14.0 Å². The molecule has 1 unspecified atom stereocenters. The summed E-state index contributed by atoms with van der Waals surface area (Å²) in [7, 11) is 1.63. The molecule has 0 spiro atoms. The Labute approximate surface area is 124 Å². The van der Waals surface area contributed by atoms with Crippen molar-refractivity contribution in [1.29, 1.82) is 0 Å². The van der Waals surface area contributed by atoms with Crippen molar-refractivity contribution in [2.45, 2.75) is 32.9 Å². The van der Waals surface area contributed by atoms with Crippen LogP contribution < -0.4 is 14.8 Å². The van der Waals surface area contributed by atoms with Crippen molar-refractivity contribution in [3.8, 4) is 11.5 Å². The second kappa shape index (κ2) is 7.64. The lowest BCUT2D eigenvalue weighted by Crippen LogP contribution is -2.19. The number of methoxy groups -OCH3 is 1. The minimum Gasteiger partial charge on any atom is -0.493 e. The van der Waals surface area contributed by atoms with Gasteiger partial charge in [-0.15, -0.1) is 0 Å². The fourth-order valence-electron chi connectivity index (χ4n) is 1.95. The molecule has 1 aromatic carbocycles. The van der Waals surface area contributed by atoms with Gasteiger partial charge in [-0.1, -0.05) is 18.1 Å². The van der Waals surface area contributed by atoms with E-state index in [0.717, 1.165) is 18.5 Å². The largest absolute Gasteiger partial charge is 0.493 e. The molecule has 6 heteroatoms. The number of nitrogens with one attached hydrogen (secondary N) is 1. The van der Waals surface area contributed by atoms with Crippen molar-refractivity contribution in [3.05, 3.63) is 36.0 Å². The molecule has 0 bridgehead atoms. The van der Waals surface area contributed by atoms with Gasteiger partial charge in [0.25, 0.3) is 0 Å². The molecule has 1 N–H and O–H groups in total. The highest BCUT2D eigenvalue weighted by molar-refractivity contribution is 5.43. The van der Waals surface area contributed by atoms with Gasteiger partial charge in [0.2, 0.25) is 12.2 Å². The summed E-state index contributed by atoms with van der Waals surface area (Å²) in [5.41, 5.74) is 1.16. The van der Waals surface area contributed by atoms with Crippen molar-refractivity contribution in [2.24, 2.45) is 0 Å². The summed E-state index contributed by atoms with van der Waals surface area (Å²) >= 11 is 0. The average Bonchev–Trinajstić information content (AvgIpc) is 3.03. The summed E-state index contributed by atoms with van der Waals surface area (Å²) in [5.74, 6) is 1.86. The third-order valence-electron chi connectivity index (χ3n) is 3.15. The lowest BCUT2D eigenvalue weighted by atomic mass is 10.1. The zero-order chi connectivity index (χ0) is 15.1. The topological polar surface area (TPSA) is 69.4 Å². The van der Waals surface area contributed by atoms with E-state index in [1.54, 1.807) is 7.11 Å². The average molecular weight is 291 g/mol. The monoisotopic (exact) mass is 291 g/mol. The van der Waals surface area contributed by atoms with Gasteiger partial charge in [0.15, 0.2) is 18.1 Å². The third-order valence-corrected chi connectivity index (χ3v) is 3.15. The number of rotatable bonds is 8. The van der Waals surface area contributed by atoms with E-state index in [2.05, 4.69) is 33.8 Å². The van der Waals surface area contributed by atoms with Gasteiger partial charge in [0.05, 0.1) is 7.11 Å². The predicted molar refractivity (Wildman–Crippen MR) is 78.3 cm³/mol. The van der Waals surface area contributed by atoms with Crippen molar-refractivity contribution in [3.63, 3.8) is 0 Å². The van der Waals surface area contributed by atoms with Crippen LogP contribution in [-0.2, 0) is 6.61 Å². The fourth-order valence-corrected chi connectivity index (χ4v) is 1.95. The third kappa shape index (κ3) is 4.19. The van der Waals surface area contributed by atoms with Crippen LogP contribution in [0.2, 0.25) is 0 Å². The molecule has 0 fully saturated rings. The van der Waals surface area contributed by atoms with Gasteiger partial charge in [-0.2, -0.15) is 4.98 Å². The lowest BCUT2D eigenvalue weighted by Gasteiger charge is -2.16. The number of hydrogen-bond donors (Lipinski definition) is 1. The molecule has 0 aliphatic rings. The van der Waals surface area contributed by atoms with Crippen LogP contribution in [0.1, 0.15) is 37.7 Å². The zero-order valence-electron chi connectivity index (χ0n) is 12.6. The van der Waals surface area contributed by atoms with E-state index in [-0.39, 0.29) is 12.6 Å². The minimum absolute atomic E-state index is 0.246. The fraction of sp³-hybridized carbons (Fsp3) is 0.467. The van der Waals surface area contributed by atoms with Crippen LogP contribution in [0.4, 0.5) is 0 Å². The first-order valence-electron chi connectivity index (χ1n) is 7.04. The Morgan fingerprint density at radius 1 is 1.33 bits per heavy atom. The van der Waals surface area contributed by atoms with Crippen molar-refractivity contribution in [1.82, 2.24) is 15.5 Å². The van der Waals surface area contributed by atoms with Gasteiger partial charge in [-0.05, 0) is 37.6 Å². The van der Waals surface area contributed by atoms with E-state index in [9.17, 15) is 0 Å². The van der Waals surface area contributed by atoms with E-state index < -0.39 is 0 Å². The number of hydrogen-bond acceptors (Lipinski definition) is 6. The summed E-state index contributed by atoms with van der Waals surface area (Å²) in [6.45, 7) is 5.51.